The minimum Gasteiger partial charge on any atom is -0.468 e. The molecule has 0 aromatic carbocycles. The lowest BCUT2D eigenvalue weighted by Gasteiger charge is -2.24. The zero-order valence-corrected chi connectivity index (χ0v) is 14.9. The maximum Gasteiger partial charge on any atom is 0.259 e. The number of rotatable bonds is 3. The van der Waals surface area contributed by atoms with Gasteiger partial charge in [0.2, 0.25) is 0 Å². The normalized spacial score (nSPS) is 16.7. The third-order valence-corrected chi connectivity index (χ3v) is 4.50. The Bertz CT molecular complexity index is 964. The Morgan fingerprint density at radius 3 is 2.89 bits per heavy atom. The fraction of sp³-hybridized carbons (Fsp3) is 0.333. The summed E-state index contributed by atoms with van der Waals surface area (Å²) in [5.41, 5.74) is 1.83. The van der Waals surface area contributed by atoms with E-state index in [1.165, 1.54) is 18.3 Å². The van der Waals surface area contributed by atoms with E-state index in [-0.39, 0.29) is 18.3 Å². The van der Waals surface area contributed by atoms with Gasteiger partial charge in [-0.3, -0.25) is 9.48 Å². The van der Waals surface area contributed by atoms with E-state index in [1.54, 1.807) is 29.6 Å². The van der Waals surface area contributed by atoms with Crippen LogP contribution in [0.2, 0.25) is 0 Å². The number of hydrogen-bond acceptors (Lipinski definition) is 6. The van der Waals surface area contributed by atoms with Gasteiger partial charge in [-0.25, -0.2) is 9.37 Å². The van der Waals surface area contributed by atoms with Crippen LogP contribution in [0.15, 0.2) is 35.1 Å². The first-order chi connectivity index (χ1) is 13.0. The van der Waals surface area contributed by atoms with E-state index in [4.69, 9.17) is 9.26 Å². The van der Waals surface area contributed by atoms with Gasteiger partial charge in [-0.05, 0) is 32.0 Å². The van der Waals surface area contributed by atoms with Crippen molar-refractivity contribution >= 4 is 5.91 Å². The molecule has 0 unspecified atom stereocenters. The third-order valence-electron chi connectivity index (χ3n) is 4.50. The summed E-state index contributed by atoms with van der Waals surface area (Å²) in [4.78, 5) is 18.7. The number of hydrogen-bond donors (Lipinski definition) is 0. The summed E-state index contributed by atoms with van der Waals surface area (Å²) < 4.78 is 26.6. The fourth-order valence-corrected chi connectivity index (χ4v) is 3.21. The molecule has 0 N–H and O–H groups in total. The van der Waals surface area contributed by atoms with Crippen LogP contribution in [0.5, 0.6) is 5.88 Å². The second kappa shape index (κ2) is 6.82. The summed E-state index contributed by atoms with van der Waals surface area (Å²) in [6.07, 6.45) is 2.61. The molecule has 9 heteroatoms. The summed E-state index contributed by atoms with van der Waals surface area (Å²) in [6.45, 7) is 4.41. The number of carbonyl (C=O) groups is 1. The monoisotopic (exact) mass is 371 g/mol. The molecular weight excluding hydrogens is 353 g/mol. The van der Waals surface area contributed by atoms with Crippen LogP contribution in [0, 0.1) is 19.7 Å². The van der Waals surface area contributed by atoms with E-state index in [2.05, 4.69) is 15.2 Å². The number of ether oxygens (including phenoxy) is 1. The largest absolute Gasteiger partial charge is 0.468 e. The minimum atomic E-state index is -0.550. The molecule has 3 aromatic rings. The molecule has 1 aliphatic rings. The van der Waals surface area contributed by atoms with Crippen molar-refractivity contribution < 1.29 is 18.4 Å². The highest BCUT2D eigenvalue weighted by Crippen LogP contribution is 2.22. The molecule has 8 nitrogen and oxygen atoms in total. The van der Waals surface area contributed by atoms with Crippen molar-refractivity contribution in [2.24, 2.45) is 0 Å². The molecule has 1 amide bonds. The maximum atomic E-state index is 14.0. The average molecular weight is 371 g/mol. The highest BCUT2D eigenvalue weighted by Gasteiger charge is 2.30. The van der Waals surface area contributed by atoms with Gasteiger partial charge in [0.05, 0.1) is 31.0 Å². The highest BCUT2D eigenvalue weighted by molar-refractivity contribution is 5.96. The van der Waals surface area contributed by atoms with E-state index in [0.29, 0.717) is 30.1 Å². The highest BCUT2D eigenvalue weighted by atomic mass is 19.1. The Balaban J connectivity index is 1.64. The Hall–Kier alpha value is -3.23. The molecule has 1 atom stereocenters. The van der Waals surface area contributed by atoms with Crippen molar-refractivity contribution in [1.82, 2.24) is 24.8 Å². The second-order valence-corrected chi connectivity index (χ2v) is 6.42. The van der Waals surface area contributed by atoms with E-state index < -0.39 is 11.9 Å². The Labute approximate surface area is 154 Å². The van der Waals surface area contributed by atoms with Crippen LogP contribution in [-0.2, 0) is 13.1 Å². The van der Waals surface area contributed by atoms with Crippen LogP contribution in [0.25, 0.3) is 0 Å². The van der Waals surface area contributed by atoms with Crippen LogP contribution in [0.3, 0.4) is 0 Å². The van der Waals surface area contributed by atoms with Crippen molar-refractivity contribution in [3.63, 3.8) is 0 Å². The van der Waals surface area contributed by atoms with Crippen molar-refractivity contribution in [2.45, 2.75) is 33.0 Å². The van der Waals surface area contributed by atoms with Gasteiger partial charge in [0.25, 0.3) is 11.8 Å². The lowest BCUT2D eigenvalue weighted by atomic mass is 10.1. The van der Waals surface area contributed by atoms with E-state index >= 15 is 0 Å². The van der Waals surface area contributed by atoms with Crippen molar-refractivity contribution in [3.8, 4) is 5.88 Å². The topological polar surface area (TPSA) is 86.3 Å². The van der Waals surface area contributed by atoms with Gasteiger partial charge in [0.15, 0.2) is 5.82 Å². The second-order valence-electron chi connectivity index (χ2n) is 6.42. The molecule has 0 bridgehead atoms. The van der Waals surface area contributed by atoms with Crippen molar-refractivity contribution in [2.75, 3.05) is 6.54 Å². The van der Waals surface area contributed by atoms with Crippen LogP contribution in [0.1, 0.15) is 27.5 Å². The van der Waals surface area contributed by atoms with Crippen LogP contribution in [0.4, 0.5) is 4.39 Å². The molecule has 1 aliphatic heterocycles. The molecular formula is C18H18FN5O3. The number of amides is 1. The molecule has 4 heterocycles. The lowest BCUT2D eigenvalue weighted by Crippen LogP contribution is -2.39. The Morgan fingerprint density at radius 2 is 2.15 bits per heavy atom. The molecule has 4 rings (SSSR count). The SMILES string of the molecule is Cc1noc(C)c1C(=O)N1Cc2ccnn2C[C@H](Oc2ncccc2F)C1. The smallest absolute Gasteiger partial charge is 0.259 e. The van der Waals surface area contributed by atoms with Crippen LogP contribution in [-0.4, -0.2) is 43.4 Å². The number of halogens is 1. The zero-order chi connectivity index (χ0) is 19.0. The summed E-state index contributed by atoms with van der Waals surface area (Å²) in [5, 5.41) is 8.13. The number of aromatic nitrogens is 4. The predicted octanol–water partition coefficient (Wildman–Crippen LogP) is 2.13. The predicted molar refractivity (Wildman–Crippen MR) is 91.6 cm³/mol. The lowest BCUT2D eigenvalue weighted by molar-refractivity contribution is 0.0636. The maximum absolute atomic E-state index is 14.0. The van der Waals surface area contributed by atoms with Gasteiger partial charge in [-0.1, -0.05) is 5.16 Å². The first-order valence-electron chi connectivity index (χ1n) is 8.53. The van der Waals surface area contributed by atoms with Gasteiger partial charge < -0.3 is 14.2 Å². The number of pyridine rings is 1. The van der Waals surface area contributed by atoms with Gasteiger partial charge in [-0.15, -0.1) is 0 Å². The molecule has 0 radical (unpaired) electrons. The quantitative estimate of drug-likeness (QED) is 0.701. The van der Waals surface area contributed by atoms with Crippen molar-refractivity contribution in [1.29, 1.82) is 0 Å². The number of nitrogens with zero attached hydrogens (tertiary/aromatic N) is 5. The van der Waals surface area contributed by atoms with Crippen molar-refractivity contribution in [3.05, 3.63) is 59.1 Å². The first-order valence-corrected chi connectivity index (χ1v) is 8.53. The molecule has 0 saturated carbocycles. The molecule has 140 valence electrons. The van der Waals surface area contributed by atoms with Gasteiger partial charge in [-0.2, -0.15) is 5.10 Å². The summed E-state index contributed by atoms with van der Waals surface area (Å²) in [6, 6.07) is 4.62. The van der Waals surface area contributed by atoms with Gasteiger partial charge in [0, 0.05) is 12.4 Å². The summed E-state index contributed by atoms with van der Waals surface area (Å²) >= 11 is 0. The van der Waals surface area contributed by atoms with E-state index in [0.717, 1.165) is 5.69 Å². The molecule has 27 heavy (non-hydrogen) atoms. The zero-order valence-electron chi connectivity index (χ0n) is 14.9. The van der Waals surface area contributed by atoms with Gasteiger partial charge >= 0.3 is 0 Å². The van der Waals surface area contributed by atoms with E-state index in [9.17, 15) is 9.18 Å². The number of aryl methyl sites for hydroxylation is 2. The summed E-state index contributed by atoms with van der Waals surface area (Å²) in [5.74, 6) is -0.395. The first kappa shape index (κ1) is 17.2. The number of carbonyl (C=O) groups excluding carboxylic acids is 1. The third kappa shape index (κ3) is 3.27. The average Bonchev–Trinajstić information content (AvgIpc) is 3.17. The van der Waals surface area contributed by atoms with E-state index in [1.807, 2.05) is 6.07 Å². The molecule has 0 saturated heterocycles. The molecule has 0 aliphatic carbocycles. The molecule has 0 spiro atoms. The fourth-order valence-electron chi connectivity index (χ4n) is 3.21. The van der Waals surface area contributed by atoms with Crippen LogP contribution >= 0.6 is 0 Å². The Kier molecular flexibility index (Phi) is 4.35. The van der Waals surface area contributed by atoms with Crippen LogP contribution < -0.4 is 4.74 Å². The molecule has 3 aromatic heterocycles. The standard InChI is InChI=1S/C18H18FN5O3/c1-11-16(12(2)27-22-11)18(25)23-8-13-5-7-21-24(13)10-14(9-23)26-17-15(19)4-3-6-20-17/h3-7,14H,8-10H2,1-2H3/t14-/m1/s1. The Morgan fingerprint density at radius 1 is 1.30 bits per heavy atom. The summed E-state index contributed by atoms with van der Waals surface area (Å²) in [7, 11) is 0. The minimum absolute atomic E-state index is 0.0946. The van der Waals surface area contributed by atoms with Gasteiger partial charge in [0.1, 0.15) is 17.4 Å². The molecule has 0 fully saturated rings. The number of fused-ring (bicyclic) bond motifs is 1.